The predicted molar refractivity (Wildman–Crippen MR) is 104 cm³/mol. The first kappa shape index (κ1) is 16.3. The van der Waals surface area contributed by atoms with E-state index < -0.39 is 0 Å². The zero-order chi connectivity index (χ0) is 17.4. The molecular weight excluding hydrogens is 354 g/mol. The molecule has 0 aliphatic carbocycles. The average Bonchev–Trinajstić information content (AvgIpc) is 2.91. The van der Waals surface area contributed by atoms with Crippen molar-refractivity contribution in [3.63, 3.8) is 0 Å². The summed E-state index contributed by atoms with van der Waals surface area (Å²) >= 11 is 8.22. The zero-order valence-corrected chi connectivity index (χ0v) is 15.2. The molecule has 0 aliphatic heterocycles. The highest BCUT2D eigenvalue weighted by Crippen LogP contribution is 2.35. The molecule has 0 saturated heterocycles. The molecule has 0 unspecified atom stereocenters. The lowest BCUT2D eigenvalue weighted by Crippen LogP contribution is -2.21. The number of nitrogens with zero attached hydrogens (tertiary/aromatic N) is 2. The van der Waals surface area contributed by atoms with Gasteiger partial charge < -0.3 is 4.98 Å². The summed E-state index contributed by atoms with van der Waals surface area (Å²) in [6.07, 6.45) is 0. The molecule has 25 heavy (non-hydrogen) atoms. The molecule has 2 aromatic heterocycles. The first-order valence-corrected chi connectivity index (χ1v) is 9.13. The van der Waals surface area contributed by atoms with E-state index in [9.17, 15) is 4.79 Å². The first-order chi connectivity index (χ1) is 12.1. The molecule has 4 rings (SSSR count). The van der Waals surface area contributed by atoms with Gasteiger partial charge in [0.15, 0.2) is 0 Å². The second kappa shape index (κ2) is 6.59. The molecule has 126 valence electrons. The summed E-state index contributed by atoms with van der Waals surface area (Å²) in [6.45, 7) is 1.25. The van der Waals surface area contributed by atoms with Gasteiger partial charge in [-0.1, -0.05) is 41.9 Å². The lowest BCUT2D eigenvalue weighted by molar-refractivity contribution is 0.313. The van der Waals surface area contributed by atoms with Crippen molar-refractivity contribution >= 4 is 43.9 Å². The van der Waals surface area contributed by atoms with Gasteiger partial charge in [-0.25, -0.2) is 4.98 Å². The van der Waals surface area contributed by atoms with E-state index in [1.165, 1.54) is 4.70 Å². The van der Waals surface area contributed by atoms with E-state index in [0.29, 0.717) is 24.3 Å². The Morgan fingerprint density at radius 3 is 2.60 bits per heavy atom. The molecule has 2 heterocycles. The molecule has 4 aromatic rings. The Kier molecular flexibility index (Phi) is 4.29. The van der Waals surface area contributed by atoms with Gasteiger partial charge in [0.25, 0.3) is 5.56 Å². The number of rotatable bonds is 4. The van der Waals surface area contributed by atoms with Crippen molar-refractivity contribution in [1.29, 1.82) is 0 Å². The predicted octanol–water partition coefficient (Wildman–Crippen LogP) is 4.42. The van der Waals surface area contributed by atoms with Gasteiger partial charge in [0.1, 0.15) is 5.82 Å². The Bertz CT molecular complexity index is 1120. The molecule has 0 saturated carbocycles. The van der Waals surface area contributed by atoms with E-state index in [1.54, 1.807) is 17.4 Å². The minimum Gasteiger partial charge on any atom is -0.309 e. The lowest BCUT2D eigenvalue weighted by Gasteiger charge is -2.15. The van der Waals surface area contributed by atoms with Gasteiger partial charge in [-0.15, -0.1) is 11.3 Å². The molecule has 0 radical (unpaired) electrons. The smallest absolute Gasteiger partial charge is 0.258 e. The summed E-state index contributed by atoms with van der Waals surface area (Å²) in [7, 11) is 2.00. The summed E-state index contributed by atoms with van der Waals surface area (Å²) in [5, 5.41) is 2.52. The van der Waals surface area contributed by atoms with Crippen LogP contribution in [0, 0.1) is 0 Å². The number of nitrogens with one attached hydrogen (secondary N) is 1. The summed E-state index contributed by atoms with van der Waals surface area (Å²) in [6, 6.07) is 15.5. The van der Waals surface area contributed by atoms with Gasteiger partial charge in [-0.05, 0) is 25.2 Å². The van der Waals surface area contributed by atoms with E-state index in [-0.39, 0.29) is 5.56 Å². The van der Waals surface area contributed by atoms with E-state index in [4.69, 9.17) is 11.6 Å². The topological polar surface area (TPSA) is 49.0 Å². The highest BCUT2D eigenvalue weighted by Gasteiger charge is 2.13. The van der Waals surface area contributed by atoms with Gasteiger partial charge in [0.2, 0.25) is 0 Å². The van der Waals surface area contributed by atoms with Crippen LogP contribution in [0.1, 0.15) is 10.7 Å². The number of aromatic nitrogens is 2. The number of thiophene rings is 1. The molecule has 4 nitrogen and oxygen atoms in total. The van der Waals surface area contributed by atoms with E-state index in [1.807, 2.05) is 43.4 Å². The monoisotopic (exact) mass is 369 g/mol. The summed E-state index contributed by atoms with van der Waals surface area (Å²) in [5.74, 6) is 0.656. The van der Waals surface area contributed by atoms with Crippen LogP contribution < -0.4 is 5.56 Å². The van der Waals surface area contributed by atoms with E-state index in [0.717, 1.165) is 20.8 Å². The average molecular weight is 370 g/mol. The fraction of sp³-hybridized carbons (Fsp3) is 0.158. The maximum atomic E-state index is 12.2. The molecule has 0 fully saturated rings. The van der Waals surface area contributed by atoms with Crippen molar-refractivity contribution in [2.75, 3.05) is 7.05 Å². The van der Waals surface area contributed by atoms with Crippen molar-refractivity contribution in [3.8, 4) is 0 Å². The summed E-state index contributed by atoms with van der Waals surface area (Å²) in [5.41, 5.74) is 0.614. The first-order valence-electron chi connectivity index (χ1n) is 7.94. The fourth-order valence-corrected chi connectivity index (χ4v) is 4.51. The number of para-hydroxylation sites is 1. The van der Waals surface area contributed by atoms with Crippen LogP contribution in [0.25, 0.3) is 21.0 Å². The third-order valence-corrected chi connectivity index (χ3v) is 5.80. The maximum absolute atomic E-state index is 12.2. The van der Waals surface area contributed by atoms with E-state index in [2.05, 4.69) is 20.9 Å². The number of halogens is 1. The standard InChI is InChI=1S/C19H16ClN3OS/c1-23(10-16-18(20)13-7-3-5-9-15(13)25-16)11-17-21-14-8-4-2-6-12(14)19(24)22-17/h2-9H,10-11H2,1H3,(H,21,22,24). The number of hydrogen-bond acceptors (Lipinski definition) is 4. The molecule has 1 N–H and O–H groups in total. The molecule has 0 spiro atoms. The molecule has 2 aromatic carbocycles. The largest absolute Gasteiger partial charge is 0.309 e. The second-order valence-corrected chi connectivity index (χ2v) is 7.55. The Morgan fingerprint density at radius 2 is 1.80 bits per heavy atom. The Labute approximate surface area is 153 Å². The minimum atomic E-state index is -0.103. The van der Waals surface area contributed by atoms with Crippen LogP contribution in [0.2, 0.25) is 5.02 Å². The van der Waals surface area contributed by atoms with Gasteiger partial charge in [-0.3, -0.25) is 9.69 Å². The van der Waals surface area contributed by atoms with Gasteiger partial charge in [0, 0.05) is 21.5 Å². The summed E-state index contributed by atoms with van der Waals surface area (Å²) in [4.78, 5) is 22.8. The molecule has 0 bridgehead atoms. The molecule has 6 heteroatoms. The number of H-pyrrole nitrogens is 1. The van der Waals surface area contributed by atoms with Crippen LogP contribution in [0.5, 0.6) is 0 Å². The molecular formula is C19H16ClN3OS. The molecule has 0 amide bonds. The minimum absolute atomic E-state index is 0.103. The highest BCUT2D eigenvalue weighted by molar-refractivity contribution is 7.19. The fourth-order valence-electron chi connectivity index (χ4n) is 2.93. The van der Waals surface area contributed by atoms with Gasteiger partial charge >= 0.3 is 0 Å². The van der Waals surface area contributed by atoms with Crippen LogP contribution in [-0.2, 0) is 13.1 Å². The third-order valence-electron chi connectivity index (χ3n) is 4.10. The molecule has 0 aliphatic rings. The van der Waals surface area contributed by atoms with Crippen molar-refractivity contribution in [2.24, 2.45) is 0 Å². The second-order valence-electron chi connectivity index (χ2n) is 6.04. The van der Waals surface area contributed by atoms with Gasteiger partial charge in [0.05, 0.1) is 22.5 Å². The van der Waals surface area contributed by atoms with Crippen molar-refractivity contribution in [3.05, 3.63) is 74.6 Å². The Hall–Kier alpha value is -2.21. The quantitative estimate of drug-likeness (QED) is 0.579. The van der Waals surface area contributed by atoms with Crippen molar-refractivity contribution in [1.82, 2.24) is 14.9 Å². The number of fused-ring (bicyclic) bond motifs is 2. The highest BCUT2D eigenvalue weighted by atomic mass is 35.5. The Balaban J connectivity index is 1.58. The van der Waals surface area contributed by atoms with E-state index >= 15 is 0 Å². The zero-order valence-electron chi connectivity index (χ0n) is 13.6. The van der Waals surface area contributed by atoms with Crippen molar-refractivity contribution in [2.45, 2.75) is 13.1 Å². The van der Waals surface area contributed by atoms with Crippen LogP contribution in [-0.4, -0.2) is 21.9 Å². The van der Waals surface area contributed by atoms with Crippen LogP contribution in [0.4, 0.5) is 0 Å². The van der Waals surface area contributed by atoms with Crippen LogP contribution in [0.3, 0.4) is 0 Å². The van der Waals surface area contributed by atoms with Crippen LogP contribution in [0.15, 0.2) is 53.3 Å². The van der Waals surface area contributed by atoms with Crippen molar-refractivity contribution < 1.29 is 0 Å². The summed E-state index contributed by atoms with van der Waals surface area (Å²) < 4.78 is 1.19. The lowest BCUT2D eigenvalue weighted by atomic mass is 10.2. The van der Waals surface area contributed by atoms with Crippen LogP contribution >= 0.6 is 22.9 Å². The maximum Gasteiger partial charge on any atom is 0.258 e. The molecule has 0 atom stereocenters. The SMILES string of the molecule is CN(Cc1nc2ccccc2c(=O)[nH]1)Cc1sc2ccccc2c1Cl. The number of aromatic amines is 1. The Morgan fingerprint density at radius 1 is 1.08 bits per heavy atom. The van der Waals surface area contributed by atoms with Gasteiger partial charge in [-0.2, -0.15) is 0 Å². The normalized spacial score (nSPS) is 11.6. The number of hydrogen-bond donors (Lipinski definition) is 1. The number of benzene rings is 2. The third kappa shape index (κ3) is 3.18.